The van der Waals surface area contributed by atoms with Gasteiger partial charge >= 0.3 is 0 Å². The number of aliphatic hydroxyl groups excluding tert-OH is 1. The lowest BCUT2D eigenvalue weighted by Crippen LogP contribution is -2.29. The minimum absolute atomic E-state index is 0.115. The number of ether oxygens (including phenoxy) is 1. The van der Waals surface area contributed by atoms with Crippen molar-refractivity contribution in [3.05, 3.63) is 0 Å². The summed E-state index contributed by atoms with van der Waals surface area (Å²) in [7, 11) is 0. The molecule has 0 radical (unpaired) electrons. The molecule has 4 atom stereocenters. The first kappa shape index (κ1) is 11.4. The molecule has 1 heterocycles. The summed E-state index contributed by atoms with van der Waals surface area (Å²) in [6.45, 7) is 3.21. The maximum atomic E-state index is 10.2. The summed E-state index contributed by atoms with van der Waals surface area (Å²) >= 11 is 0. The van der Waals surface area contributed by atoms with Crippen molar-refractivity contribution >= 4 is 0 Å². The van der Waals surface area contributed by atoms with E-state index in [1.165, 1.54) is 32.1 Å². The van der Waals surface area contributed by atoms with Crippen LogP contribution in [0.4, 0.5) is 0 Å². The highest BCUT2D eigenvalue weighted by molar-refractivity contribution is 4.79. The van der Waals surface area contributed by atoms with Crippen LogP contribution in [0.2, 0.25) is 0 Å². The fourth-order valence-electron chi connectivity index (χ4n) is 3.12. The van der Waals surface area contributed by atoms with Gasteiger partial charge in [-0.15, -0.1) is 0 Å². The minimum atomic E-state index is -0.115. The standard InChI is InChI=1S/C13H24O2/c1-10-4-2-5-11(8-10)13(14)9-12-6-3-7-15-12/h10-14H,2-9H2,1H3. The average Bonchev–Trinajstić information content (AvgIpc) is 2.70. The third-order valence-corrected chi connectivity index (χ3v) is 4.05. The van der Waals surface area contributed by atoms with E-state index in [9.17, 15) is 5.11 Å². The Bertz CT molecular complexity index is 187. The number of rotatable bonds is 3. The molecule has 2 heteroatoms. The molecule has 1 aliphatic carbocycles. The maximum Gasteiger partial charge on any atom is 0.0600 e. The quantitative estimate of drug-likeness (QED) is 0.779. The first-order valence-corrected chi connectivity index (χ1v) is 6.55. The van der Waals surface area contributed by atoms with Crippen LogP contribution in [0.5, 0.6) is 0 Å². The van der Waals surface area contributed by atoms with Crippen molar-refractivity contribution in [2.45, 2.75) is 64.1 Å². The fraction of sp³-hybridized carbons (Fsp3) is 1.00. The van der Waals surface area contributed by atoms with Crippen molar-refractivity contribution in [2.24, 2.45) is 11.8 Å². The highest BCUT2D eigenvalue weighted by atomic mass is 16.5. The Morgan fingerprint density at radius 1 is 1.27 bits per heavy atom. The number of hydrogen-bond donors (Lipinski definition) is 1. The molecule has 15 heavy (non-hydrogen) atoms. The highest BCUT2D eigenvalue weighted by Crippen LogP contribution is 2.33. The SMILES string of the molecule is CC1CCCC(C(O)CC2CCCO2)C1. The van der Waals surface area contributed by atoms with Gasteiger partial charge in [0.2, 0.25) is 0 Å². The van der Waals surface area contributed by atoms with Crippen molar-refractivity contribution in [1.29, 1.82) is 0 Å². The van der Waals surface area contributed by atoms with Crippen molar-refractivity contribution in [2.75, 3.05) is 6.61 Å². The third kappa shape index (κ3) is 3.18. The Labute approximate surface area is 93.0 Å². The second-order valence-corrected chi connectivity index (χ2v) is 5.47. The molecule has 1 saturated carbocycles. The van der Waals surface area contributed by atoms with Gasteiger partial charge in [0.05, 0.1) is 12.2 Å². The zero-order valence-electron chi connectivity index (χ0n) is 9.82. The largest absolute Gasteiger partial charge is 0.393 e. The third-order valence-electron chi connectivity index (χ3n) is 4.05. The van der Waals surface area contributed by atoms with Crippen LogP contribution < -0.4 is 0 Å². The molecule has 88 valence electrons. The zero-order chi connectivity index (χ0) is 10.7. The zero-order valence-corrected chi connectivity index (χ0v) is 9.82. The van der Waals surface area contributed by atoms with Crippen LogP contribution in [0, 0.1) is 11.8 Å². The second kappa shape index (κ2) is 5.31. The van der Waals surface area contributed by atoms with Gasteiger partial charge in [-0.05, 0) is 43.9 Å². The molecule has 2 aliphatic rings. The van der Waals surface area contributed by atoms with Crippen molar-refractivity contribution in [3.63, 3.8) is 0 Å². The summed E-state index contributed by atoms with van der Waals surface area (Å²) in [6.07, 6.45) is 8.52. The predicted molar refractivity (Wildman–Crippen MR) is 60.7 cm³/mol. The first-order chi connectivity index (χ1) is 7.25. The van der Waals surface area contributed by atoms with E-state index in [-0.39, 0.29) is 6.10 Å². The molecule has 0 aromatic carbocycles. The van der Waals surface area contributed by atoms with Crippen LogP contribution in [0.25, 0.3) is 0 Å². The molecular weight excluding hydrogens is 188 g/mol. The van der Waals surface area contributed by atoms with Crippen molar-refractivity contribution in [1.82, 2.24) is 0 Å². The molecule has 1 N–H and O–H groups in total. The fourth-order valence-corrected chi connectivity index (χ4v) is 3.12. The molecule has 0 bridgehead atoms. The molecule has 2 fully saturated rings. The van der Waals surface area contributed by atoms with Gasteiger partial charge in [0.25, 0.3) is 0 Å². The van der Waals surface area contributed by atoms with Crippen LogP contribution >= 0.6 is 0 Å². The van der Waals surface area contributed by atoms with E-state index in [4.69, 9.17) is 4.74 Å². The predicted octanol–water partition coefficient (Wildman–Crippen LogP) is 2.74. The van der Waals surface area contributed by atoms with Gasteiger partial charge in [-0.25, -0.2) is 0 Å². The summed E-state index contributed by atoms with van der Waals surface area (Å²) < 4.78 is 5.58. The van der Waals surface area contributed by atoms with Crippen LogP contribution in [-0.2, 0) is 4.74 Å². The molecule has 1 aliphatic heterocycles. The van der Waals surface area contributed by atoms with Crippen LogP contribution in [0.3, 0.4) is 0 Å². The molecule has 0 aromatic rings. The Balaban J connectivity index is 1.76. The topological polar surface area (TPSA) is 29.5 Å². The van der Waals surface area contributed by atoms with Gasteiger partial charge in [-0.3, -0.25) is 0 Å². The van der Waals surface area contributed by atoms with E-state index < -0.39 is 0 Å². The monoisotopic (exact) mass is 212 g/mol. The Kier molecular flexibility index (Phi) is 4.04. The van der Waals surface area contributed by atoms with E-state index in [1.54, 1.807) is 0 Å². The Hall–Kier alpha value is -0.0800. The normalized spacial score (nSPS) is 39.2. The molecule has 2 rings (SSSR count). The number of aliphatic hydroxyl groups is 1. The van der Waals surface area contributed by atoms with E-state index in [0.29, 0.717) is 12.0 Å². The molecule has 0 spiro atoms. The number of hydrogen-bond acceptors (Lipinski definition) is 2. The molecule has 2 nitrogen and oxygen atoms in total. The van der Waals surface area contributed by atoms with Gasteiger partial charge in [0.1, 0.15) is 0 Å². The summed E-state index contributed by atoms with van der Waals surface area (Å²) in [5, 5.41) is 10.2. The van der Waals surface area contributed by atoms with E-state index >= 15 is 0 Å². The molecule has 0 amide bonds. The molecular formula is C13H24O2. The molecule has 0 aromatic heterocycles. The second-order valence-electron chi connectivity index (χ2n) is 5.47. The van der Waals surface area contributed by atoms with Crippen LogP contribution in [-0.4, -0.2) is 23.9 Å². The van der Waals surface area contributed by atoms with Gasteiger partial charge in [-0.1, -0.05) is 19.8 Å². The molecule has 4 unspecified atom stereocenters. The van der Waals surface area contributed by atoms with Crippen LogP contribution in [0.15, 0.2) is 0 Å². The lowest BCUT2D eigenvalue weighted by atomic mass is 9.78. The van der Waals surface area contributed by atoms with Crippen LogP contribution in [0.1, 0.15) is 51.9 Å². The van der Waals surface area contributed by atoms with Gasteiger partial charge in [-0.2, -0.15) is 0 Å². The van der Waals surface area contributed by atoms with Crippen molar-refractivity contribution < 1.29 is 9.84 Å². The van der Waals surface area contributed by atoms with Gasteiger partial charge < -0.3 is 9.84 Å². The summed E-state index contributed by atoms with van der Waals surface area (Å²) in [5.41, 5.74) is 0. The lowest BCUT2D eigenvalue weighted by molar-refractivity contribution is 0.0120. The first-order valence-electron chi connectivity index (χ1n) is 6.55. The smallest absolute Gasteiger partial charge is 0.0600 e. The van der Waals surface area contributed by atoms with E-state index in [1.807, 2.05) is 0 Å². The Morgan fingerprint density at radius 2 is 2.13 bits per heavy atom. The Morgan fingerprint density at radius 3 is 2.80 bits per heavy atom. The van der Waals surface area contributed by atoms with Gasteiger partial charge in [0, 0.05) is 6.61 Å². The minimum Gasteiger partial charge on any atom is -0.393 e. The summed E-state index contributed by atoms with van der Waals surface area (Å²) in [5.74, 6) is 1.35. The van der Waals surface area contributed by atoms with Gasteiger partial charge in [0.15, 0.2) is 0 Å². The molecule has 1 saturated heterocycles. The lowest BCUT2D eigenvalue weighted by Gasteiger charge is -2.31. The van der Waals surface area contributed by atoms with Crippen molar-refractivity contribution in [3.8, 4) is 0 Å². The van der Waals surface area contributed by atoms with E-state index in [2.05, 4.69) is 6.92 Å². The summed E-state index contributed by atoms with van der Waals surface area (Å²) in [4.78, 5) is 0. The highest BCUT2D eigenvalue weighted by Gasteiger charge is 2.28. The van der Waals surface area contributed by atoms with E-state index in [0.717, 1.165) is 25.4 Å². The summed E-state index contributed by atoms with van der Waals surface area (Å²) in [6, 6.07) is 0. The average molecular weight is 212 g/mol. The maximum absolute atomic E-state index is 10.2.